The van der Waals surface area contributed by atoms with E-state index in [0.29, 0.717) is 11.4 Å². The molecule has 0 aliphatic heterocycles. The molecule has 0 aliphatic rings. The van der Waals surface area contributed by atoms with Crippen LogP contribution in [0.25, 0.3) is 22.8 Å². The zero-order chi connectivity index (χ0) is 14.1. The van der Waals surface area contributed by atoms with E-state index < -0.39 is 5.56 Å². The van der Waals surface area contributed by atoms with Crippen molar-refractivity contribution in [2.75, 3.05) is 0 Å². The molecule has 0 aliphatic carbocycles. The number of hydrogen-bond acceptors (Lipinski definition) is 4. The Morgan fingerprint density at radius 1 is 1.20 bits per heavy atom. The minimum Gasteiger partial charge on any atom is -0.493 e. The molecule has 0 atom stereocenters. The van der Waals surface area contributed by atoms with Gasteiger partial charge in [0.1, 0.15) is 5.56 Å². The van der Waals surface area contributed by atoms with Crippen LogP contribution in [0.5, 0.6) is 5.88 Å². The van der Waals surface area contributed by atoms with E-state index >= 15 is 0 Å². The van der Waals surface area contributed by atoms with E-state index in [4.69, 9.17) is 0 Å². The summed E-state index contributed by atoms with van der Waals surface area (Å²) in [5, 5.41) is 10.1. The van der Waals surface area contributed by atoms with Crippen LogP contribution in [0.3, 0.4) is 0 Å². The first-order valence-corrected chi connectivity index (χ1v) is 6.06. The molecule has 0 amide bonds. The predicted molar refractivity (Wildman–Crippen MR) is 74.3 cm³/mol. The van der Waals surface area contributed by atoms with Gasteiger partial charge in [-0.1, -0.05) is 24.3 Å². The molecular formula is C14H12N4O2. The number of aromatic hydroxyl groups is 1. The molecule has 6 nitrogen and oxygen atoms in total. The third-order valence-electron chi connectivity index (χ3n) is 3.04. The van der Waals surface area contributed by atoms with Crippen molar-refractivity contribution in [3.63, 3.8) is 0 Å². The second kappa shape index (κ2) is 4.65. The topological polar surface area (TPSA) is 94.7 Å². The van der Waals surface area contributed by atoms with Gasteiger partial charge in [-0.25, -0.2) is 4.98 Å². The van der Waals surface area contributed by atoms with Gasteiger partial charge < -0.3 is 15.1 Å². The van der Waals surface area contributed by atoms with Crippen molar-refractivity contribution in [3.8, 4) is 28.7 Å². The van der Waals surface area contributed by atoms with Crippen LogP contribution in [0.2, 0.25) is 0 Å². The largest absolute Gasteiger partial charge is 0.493 e. The zero-order valence-corrected chi connectivity index (χ0v) is 10.7. The third kappa shape index (κ3) is 1.97. The summed E-state index contributed by atoms with van der Waals surface area (Å²) in [6.45, 7) is 1.87. The van der Waals surface area contributed by atoms with Crippen molar-refractivity contribution in [1.82, 2.24) is 19.9 Å². The van der Waals surface area contributed by atoms with Gasteiger partial charge in [0.2, 0.25) is 5.88 Å². The molecule has 2 heterocycles. The first-order chi connectivity index (χ1) is 9.66. The fourth-order valence-corrected chi connectivity index (χ4v) is 2.06. The van der Waals surface area contributed by atoms with Crippen LogP contribution in [-0.2, 0) is 0 Å². The van der Waals surface area contributed by atoms with E-state index in [0.717, 1.165) is 5.56 Å². The van der Waals surface area contributed by atoms with Gasteiger partial charge in [0.15, 0.2) is 11.6 Å². The average molecular weight is 268 g/mol. The van der Waals surface area contributed by atoms with Crippen molar-refractivity contribution in [2.45, 2.75) is 6.92 Å². The second-order valence-corrected chi connectivity index (χ2v) is 4.37. The molecule has 20 heavy (non-hydrogen) atoms. The molecule has 0 spiro atoms. The van der Waals surface area contributed by atoms with Crippen molar-refractivity contribution in [2.24, 2.45) is 0 Å². The molecule has 3 aromatic rings. The summed E-state index contributed by atoms with van der Waals surface area (Å²) in [6.07, 6.45) is 3.16. The van der Waals surface area contributed by atoms with Gasteiger partial charge in [0.25, 0.3) is 5.56 Å². The van der Waals surface area contributed by atoms with Crippen LogP contribution in [0.4, 0.5) is 0 Å². The number of aromatic nitrogens is 4. The molecule has 0 saturated carbocycles. The Morgan fingerprint density at radius 3 is 2.65 bits per heavy atom. The predicted octanol–water partition coefficient (Wildman–Crippen LogP) is 1.84. The first-order valence-electron chi connectivity index (χ1n) is 6.06. The highest BCUT2D eigenvalue weighted by molar-refractivity contribution is 5.71. The van der Waals surface area contributed by atoms with Crippen LogP contribution >= 0.6 is 0 Å². The number of benzene rings is 1. The van der Waals surface area contributed by atoms with E-state index in [1.54, 1.807) is 18.5 Å². The summed E-state index contributed by atoms with van der Waals surface area (Å²) in [5.41, 5.74) is 1.31. The number of H-pyrrole nitrogens is 2. The molecule has 0 bridgehead atoms. The number of imidazole rings is 1. The number of nitrogens with one attached hydrogen (secondary N) is 2. The summed E-state index contributed by atoms with van der Waals surface area (Å²) in [4.78, 5) is 25.6. The van der Waals surface area contributed by atoms with Crippen molar-refractivity contribution >= 4 is 0 Å². The molecule has 0 saturated heterocycles. The Morgan fingerprint density at radius 2 is 2.00 bits per heavy atom. The van der Waals surface area contributed by atoms with E-state index in [-0.39, 0.29) is 17.3 Å². The molecule has 2 aromatic heterocycles. The monoisotopic (exact) mass is 268 g/mol. The van der Waals surface area contributed by atoms with Crippen LogP contribution in [0.15, 0.2) is 41.5 Å². The first kappa shape index (κ1) is 12.2. The second-order valence-electron chi connectivity index (χ2n) is 4.37. The van der Waals surface area contributed by atoms with E-state index in [1.165, 1.54) is 0 Å². The standard InChI is InChI=1S/C14H12N4O2/c1-8-4-2-3-5-9(8)10-13(19)17-12(18-14(10)20)11-15-6-7-16-11/h2-7H,1H3,(H,15,16)(H2,17,18,19,20). The Hall–Kier alpha value is -2.89. The molecule has 6 heteroatoms. The Labute approximate surface area is 114 Å². The van der Waals surface area contributed by atoms with Crippen molar-refractivity contribution in [3.05, 3.63) is 52.6 Å². The molecule has 3 rings (SSSR count). The summed E-state index contributed by atoms with van der Waals surface area (Å²) >= 11 is 0. The van der Waals surface area contributed by atoms with Crippen LogP contribution in [0.1, 0.15) is 5.56 Å². The summed E-state index contributed by atoms with van der Waals surface area (Å²) < 4.78 is 0. The Kier molecular flexibility index (Phi) is 2.83. The quantitative estimate of drug-likeness (QED) is 0.661. The third-order valence-corrected chi connectivity index (χ3v) is 3.04. The number of nitrogens with zero attached hydrogens (tertiary/aromatic N) is 2. The van der Waals surface area contributed by atoms with Crippen LogP contribution < -0.4 is 5.56 Å². The molecular weight excluding hydrogens is 256 g/mol. The van der Waals surface area contributed by atoms with Gasteiger partial charge in [-0.15, -0.1) is 0 Å². The maximum absolute atomic E-state index is 12.2. The van der Waals surface area contributed by atoms with Gasteiger partial charge in [0, 0.05) is 12.4 Å². The number of hydrogen-bond donors (Lipinski definition) is 3. The van der Waals surface area contributed by atoms with Crippen LogP contribution in [0, 0.1) is 6.92 Å². The molecule has 0 radical (unpaired) electrons. The minimum absolute atomic E-state index is 0.165. The lowest BCUT2D eigenvalue weighted by molar-refractivity contribution is 0.454. The average Bonchev–Trinajstić information content (AvgIpc) is 2.94. The Balaban J connectivity index is 2.20. The lowest BCUT2D eigenvalue weighted by atomic mass is 10.0. The smallest absolute Gasteiger partial charge is 0.263 e. The lowest BCUT2D eigenvalue weighted by Crippen LogP contribution is -2.13. The number of rotatable bonds is 2. The van der Waals surface area contributed by atoms with Gasteiger partial charge in [-0.3, -0.25) is 4.79 Å². The van der Waals surface area contributed by atoms with Gasteiger partial charge >= 0.3 is 0 Å². The van der Waals surface area contributed by atoms with Gasteiger partial charge in [0.05, 0.1) is 0 Å². The van der Waals surface area contributed by atoms with E-state index in [2.05, 4.69) is 19.9 Å². The van der Waals surface area contributed by atoms with Crippen LogP contribution in [-0.4, -0.2) is 25.0 Å². The SMILES string of the molecule is Cc1ccccc1-c1c(O)nc(-c2ncc[nH]2)[nH]c1=O. The highest BCUT2D eigenvalue weighted by Crippen LogP contribution is 2.27. The highest BCUT2D eigenvalue weighted by atomic mass is 16.3. The fraction of sp³-hybridized carbons (Fsp3) is 0.0714. The maximum Gasteiger partial charge on any atom is 0.263 e. The van der Waals surface area contributed by atoms with Crippen molar-refractivity contribution < 1.29 is 5.11 Å². The number of aryl methyl sites for hydroxylation is 1. The molecule has 3 N–H and O–H groups in total. The summed E-state index contributed by atoms with van der Waals surface area (Å²) in [6, 6.07) is 7.32. The molecule has 100 valence electrons. The molecule has 0 fully saturated rings. The van der Waals surface area contributed by atoms with E-state index in [1.807, 2.05) is 25.1 Å². The summed E-state index contributed by atoms with van der Waals surface area (Å²) in [5.74, 6) is 0.290. The fourth-order valence-electron chi connectivity index (χ4n) is 2.06. The van der Waals surface area contributed by atoms with Gasteiger partial charge in [-0.05, 0) is 18.1 Å². The minimum atomic E-state index is -0.404. The highest BCUT2D eigenvalue weighted by Gasteiger charge is 2.15. The van der Waals surface area contributed by atoms with E-state index in [9.17, 15) is 9.90 Å². The molecule has 1 aromatic carbocycles. The lowest BCUT2D eigenvalue weighted by Gasteiger charge is -2.07. The van der Waals surface area contributed by atoms with Crippen molar-refractivity contribution in [1.29, 1.82) is 0 Å². The van der Waals surface area contributed by atoms with Gasteiger partial charge in [-0.2, -0.15) is 4.98 Å². The number of aromatic amines is 2. The zero-order valence-electron chi connectivity index (χ0n) is 10.7. The Bertz CT molecular complexity index is 806. The normalized spacial score (nSPS) is 10.7. The molecule has 0 unspecified atom stereocenters. The summed E-state index contributed by atoms with van der Waals surface area (Å²) in [7, 11) is 0. The maximum atomic E-state index is 12.2.